The van der Waals surface area contributed by atoms with Crippen LogP contribution in [0, 0.1) is 5.92 Å². The minimum absolute atomic E-state index is 0.0370. The molecule has 2 heterocycles. The number of hydrogen-bond donors (Lipinski definition) is 1. The van der Waals surface area contributed by atoms with Crippen molar-refractivity contribution < 1.29 is 19.1 Å². The van der Waals surface area contributed by atoms with E-state index in [-0.39, 0.29) is 24.0 Å². The van der Waals surface area contributed by atoms with Gasteiger partial charge >= 0.3 is 0 Å². The molecular formula is C19H28N2O4S. The van der Waals surface area contributed by atoms with Crippen molar-refractivity contribution in [2.75, 3.05) is 26.3 Å². The lowest BCUT2D eigenvalue weighted by atomic mass is 10.0. The second-order valence-electron chi connectivity index (χ2n) is 6.94. The van der Waals surface area contributed by atoms with Gasteiger partial charge in [-0.2, -0.15) is 0 Å². The summed E-state index contributed by atoms with van der Waals surface area (Å²) in [5.41, 5.74) is 0. The first kappa shape index (κ1) is 20.6. The summed E-state index contributed by atoms with van der Waals surface area (Å²) >= 11 is 1.42. The summed E-state index contributed by atoms with van der Waals surface area (Å²) in [5, 5.41) is 4.74. The van der Waals surface area contributed by atoms with Gasteiger partial charge in [0.15, 0.2) is 5.78 Å². The summed E-state index contributed by atoms with van der Waals surface area (Å²) in [5.74, 6) is 0.155. The monoisotopic (exact) mass is 380 g/mol. The van der Waals surface area contributed by atoms with Gasteiger partial charge in [-0.25, -0.2) is 0 Å². The summed E-state index contributed by atoms with van der Waals surface area (Å²) in [7, 11) is 0. The highest BCUT2D eigenvalue weighted by molar-refractivity contribution is 7.12. The van der Waals surface area contributed by atoms with Gasteiger partial charge in [0, 0.05) is 25.9 Å². The van der Waals surface area contributed by atoms with Gasteiger partial charge in [-0.1, -0.05) is 19.9 Å². The Balaban J connectivity index is 1.81. The van der Waals surface area contributed by atoms with Crippen LogP contribution in [0.15, 0.2) is 17.5 Å². The maximum atomic E-state index is 12.7. The van der Waals surface area contributed by atoms with Crippen molar-refractivity contribution in [2.24, 2.45) is 5.92 Å². The molecule has 2 amide bonds. The van der Waals surface area contributed by atoms with Gasteiger partial charge in [-0.3, -0.25) is 14.4 Å². The van der Waals surface area contributed by atoms with Gasteiger partial charge in [0.1, 0.15) is 6.04 Å². The number of carbonyl (C=O) groups is 3. The van der Waals surface area contributed by atoms with E-state index in [2.05, 4.69) is 5.32 Å². The molecule has 1 saturated heterocycles. The number of ether oxygens (including phenoxy) is 1. The van der Waals surface area contributed by atoms with Gasteiger partial charge < -0.3 is 15.0 Å². The molecule has 0 aromatic carbocycles. The van der Waals surface area contributed by atoms with Crippen LogP contribution >= 0.6 is 11.3 Å². The molecule has 6 nitrogen and oxygen atoms in total. The van der Waals surface area contributed by atoms with Crippen molar-refractivity contribution in [1.29, 1.82) is 0 Å². The third-order valence-electron chi connectivity index (χ3n) is 4.27. The Bertz CT molecular complexity index is 595. The average molecular weight is 381 g/mol. The first-order valence-corrected chi connectivity index (χ1v) is 10.1. The zero-order valence-corrected chi connectivity index (χ0v) is 16.3. The fourth-order valence-corrected chi connectivity index (χ4v) is 3.63. The number of amides is 2. The standard InChI is InChI=1S/C19H28N2O4S/c1-14(2)13-15(19(24)21-8-10-25-11-9-21)20-18(23)7-3-5-16(22)17-6-4-12-26-17/h4,6,12,14-15H,3,5,7-11,13H2,1-2H3,(H,20,23)/t15-/m1/s1. The molecule has 1 N–H and O–H groups in total. The molecule has 0 unspecified atom stereocenters. The fraction of sp³-hybridized carbons (Fsp3) is 0.632. The minimum Gasteiger partial charge on any atom is -0.378 e. The quantitative estimate of drug-likeness (QED) is 0.668. The predicted molar refractivity (Wildman–Crippen MR) is 101 cm³/mol. The van der Waals surface area contributed by atoms with Crippen LogP contribution in [0.3, 0.4) is 0 Å². The Morgan fingerprint density at radius 1 is 1.23 bits per heavy atom. The van der Waals surface area contributed by atoms with Crippen molar-refractivity contribution >= 4 is 28.9 Å². The second-order valence-corrected chi connectivity index (χ2v) is 7.89. The van der Waals surface area contributed by atoms with Gasteiger partial charge in [-0.05, 0) is 30.2 Å². The number of nitrogens with zero attached hydrogens (tertiary/aromatic N) is 1. The molecule has 2 rings (SSSR count). The maximum absolute atomic E-state index is 12.7. The molecule has 144 valence electrons. The van der Waals surface area contributed by atoms with Gasteiger partial charge in [-0.15, -0.1) is 11.3 Å². The van der Waals surface area contributed by atoms with Crippen LogP contribution in [0.4, 0.5) is 0 Å². The number of Topliss-reactive ketones (excluding diaryl/α,β-unsaturated/α-hetero) is 1. The molecule has 7 heteroatoms. The Kier molecular flexibility index (Phi) is 8.25. The number of hydrogen-bond acceptors (Lipinski definition) is 5. The lowest BCUT2D eigenvalue weighted by Gasteiger charge is -2.31. The van der Waals surface area contributed by atoms with Crippen LogP contribution in [0.25, 0.3) is 0 Å². The Morgan fingerprint density at radius 2 is 1.96 bits per heavy atom. The van der Waals surface area contributed by atoms with Crippen LogP contribution in [-0.4, -0.2) is 54.8 Å². The first-order chi connectivity index (χ1) is 12.5. The number of carbonyl (C=O) groups excluding carboxylic acids is 3. The maximum Gasteiger partial charge on any atom is 0.245 e. The highest BCUT2D eigenvalue weighted by atomic mass is 32.1. The summed E-state index contributed by atoms with van der Waals surface area (Å²) in [6.45, 7) is 6.28. The molecule has 0 radical (unpaired) electrons. The molecule has 1 aromatic rings. The number of rotatable bonds is 9. The average Bonchev–Trinajstić information content (AvgIpc) is 3.15. The number of ketones is 1. The first-order valence-electron chi connectivity index (χ1n) is 9.20. The molecular weight excluding hydrogens is 352 g/mol. The number of nitrogens with one attached hydrogen (secondary N) is 1. The molecule has 1 aliphatic heterocycles. The van der Waals surface area contributed by atoms with E-state index in [0.717, 1.165) is 4.88 Å². The van der Waals surface area contributed by atoms with E-state index < -0.39 is 6.04 Å². The molecule has 0 bridgehead atoms. The van der Waals surface area contributed by atoms with E-state index in [1.54, 1.807) is 11.0 Å². The Hall–Kier alpha value is -1.73. The highest BCUT2D eigenvalue weighted by Gasteiger charge is 2.27. The summed E-state index contributed by atoms with van der Waals surface area (Å²) in [6, 6.07) is 3.14. The zero-order valence-electron chi connectivity index (χ0n) is 15.5. The molecule has 1 aromatic heterocycles. The predicted octanol–water partition coefficient (Wildman–Crippen LogP) is 2.49. The molecule has 1 aliphatic rings. The number of morpholine rings is 1. The van der Waals surface area contributed by atoms with Crippen LogP contribution in [0.1, 0.15) is 49.2 Å². The van der Waals surface area contributed by atoms with Crippen LogP contribution in [-0.2, 0) is 14.3 Å². The summed E-state index contributed by atoms with van der Waals surface area (Å²) < 4.78 is 5.29. The van der Waals surface area contributed by atoms with E-state index in [4.69, 9.17) is 4.74 Å². The molecule has 26 heavy (non-hydrogen) atoms. The van der Waals surface area contributed by atoms with Gasteiger partial charge in [0.25, 0.3) is 0 Å². The van der Waals surface area contributed by atoms with E-state index in [1.807, 2.05) is 25.3 Å². The smallest absolute Gasteiger partial charge is 0.245 e. The third-order valence-corrected chi connectivity index (χ3v) is 5.18. The Labute approximate surface area is 158 Å². The molecule has 0 saturated carbocycles. The van der Waals surface area contributed by atoms with Crippen molar-refractivity contribution in [3.63, 3.8) is 0 Å². The largest absolute Gasteiger partial charge is 0.378 e. The third kappa shape index (κ3) is 6.53. The second kappa shape index (κ2) is 10.4. The Morgan fingerprint density at radius 3 is 2.58 bits per heavy atom. The van der Waals surface area contributed by atoms with Gasteiger partial charge in [0.2, 0.25) is 11.8 Å². The lowest BCUT2D eigenvalue weighted by Crippen LogP contribution is -2.52. The normalized spacial score (nSPS) is 15.7. The summed E-state index contributed by atoms with van der Waals surface area (Å²) in [6.07, 6.45) is 1.70. The zero-order chi connectivity index (χ0) is 18.9. The minimum atomic E-state index is -0.506. The fourth-order valence-electron chi connectivity index (χ4n) is 2.93. The van der Waals surface area contributed by atoms with Crippen LogP contribution in [0.5, 0.6) is 0 Å². The number of thiophene rings is 1. The topological polar surface area (TPSA) is 75.7 Å². The van der Waals surface area contributed by atoms with E-state index in [1.165, 1.54) is 11.3 Å². The van der Waals surface area contributed by atoms with Crippen molar-refractivity contribution in [3.05, 3.63) is 22.4 Å². The van der Waals surface area contributed by atoms with Crippen molar-refractivity contribution in [2.45, 2.75) is 45.6 Å². The SMILES string of the molecule is CC(C)C[C@@H](NC(=O)CCCC(=O)c1cccs1)C(=O)N1CCOCC1. The van der Waals surface area contributed by atoms with E-state index in [0.29, 0.717) is 51.5 Å². The van der Waals surface area contributed by atoms with Crippen molar-refractivity contribution in [1.82, 2.24) is 10.2 Å². The molecule has 1 fully saturated rings. The lowest BCUT2D eigenvalue weighted by molar-refractivity contribution is -0.140. The molecule has 0 aliphatic carbocycles. The highest BCUT2D eigenvalue weighted by Crippen LogP contribution is 2.14. The summed E-state index contributed by atoms with van der Waals surface area (Å²) in [4.78, 5) is 39.4. The van der Waals surface area contributed by atoms with Crippen LogP contribution in [0.2, 0.25) is 0 Å². The van der Waals surface area contributed by atoms with E-state index in [9.17, 15) is 14.4 Å². The van der Waals surface area contributed by atoms with Crippen LogP contribution < -0.4 is 5.32 Å². The van der Waals surface area contributed by atoms with Crippen molar-refractivity contribution in [3.8, 4) is 0 Å². The molecule has 1 atom stereocenters. The molecule has 0 spiro atoms. The van der Waals surface area contributed by atoms with Gasteiger partial charge in [0.05, 0.1) is 18.1 Å². The van der Waals surface area contributed by atoms with E-state index >= 15 is 0 Å².